The van der Waals surface area contributed by atoms with Crippen LogP contribution in [0.2, 0.25) is 0 Å². The number of unbranched alkanes of at least 4 members (excludes halogenated alkanes) is 38. The molecule has 3 N–H and O–H groups in total. The molecule has 0 rings (SSSR count). The highest BCUT2D eigenvalue weighted by molar-refractivity contribution is 7.47. The van der Waals surface area contributed by atoms with Crippen molar-refractivity contribution < 1.29 is 80.2 Å². The van der Waals surface area contributed by atoms with Crippen LogP contribution in [-0.2, 0) is 65.4 Å². The Morgan fingerprint density at radius 1 is 0.326 bits per heavy atom. The van der Waals surface area contributed by atoms with Crippen LogP contribution in [0.1, 0.15) is 356 Å². The van der Waals surface area contributed by atoms with Crippen LogP contribution in [0.15, 0.2) is 0 Å². The lowest BCUT2D eigenvalue weighted by Gasteiger charge is -2.21. The molecular formula is C70H136O17P2. The highest BCUT2D eigenvalue weighted by Gasteiger charge is 2.30. The molecule has 0 aliphatic carbocycles. The summed E-state index contributed by atoms with van der Waals surface area (Å²) in [7, 11) is -9.90. The molecule has 0 fully saturated rings. The minimum absolute atomic E-state index is 0.106. The summed E-state index contributed by atoms with van der Waals surface area (Å²) in [5.41, 5.74) is 0. The Kier molecular flexibility index (Phi) is 60.8. The van der Waals surface area contributed by atoms with Gasteiger partial charge in [-0.05, 0) is 37.5 Å². The molecule has 17 nitrogen and oxygen atoms in total. The van der Waals surface area contributed by atoms with Gasteiger partial charge in [0, 0.05) is 25.7 Å². The Labute approximate surface area is 543 Å². The molecule has 0 aromatic rings. The third-order valence-electron chi connectivity index (χ3n) is 16.6. The highest BCUT2D eigenvalue weighted by atomic mass is 31.2. The van der Waals surface area contributed by atoms with E-state index in [1.807, 2.05) is 0 Å². The Morgan fingerprint density at radius 3 is 0.854 bits per heavy atom. The first kappa shape index (κ1) is 87.1. The van der Waals surface area contributed by atoms with Crippen molar-refractivity contribution >= 4 is 39.5 Å². The molecule has 0 aromatic heterocycles. The number of phosphoric acid groups is 2. The number of carbonyl (C=O) groups is 4. The first-order valence-corrected chi connectivity index (χ1v) is 39.5. The number of aliphatic hydroxyl groups excluding tert-OH is 1. The summed E-state index contributed by atoms with van der Waals surface area (Å²) < 4.78 is 68.2. The van der Waals surface area contributed by atoms with E-state index in [4.69, 9.17) is 37.0 Å². The molecule has 89 heavy (non-hydrogen) atoms. The SMILES string of the molecule is CCCCCCCCCCCCC(=O)O[C@H](COC(=O)CCCCCCCCCCC)COP(=O)(O)OC[C@H](O)COP(=O)(O)OC[C@@H](COC(=O)CCCCCCCCCCCC(C)C)OC(=O)CCCCCCCCCCCCCCCCC(C)CC. The van der Waals surface area contributed by atoms with Crippen molar-refractivity contribution in [2.24, 2.45) is 11.8 Å². The smallest absolute Gasteiger partial charge is 0.462 e. The largest absolute Gasteiger partial charge is 0.472 e. The van der Waals surface area contributed by atoms with Gasteiger partial charge in [-0.25, -0.2) is 9.13 Å². The zero-order chi connectivity index (χ0) is 65.7. The lowest BCUT2D eigenvalue weighted by atomic mass is 9.99. The molecule has 528 valence electrons. The molecule has 0 amide bonds. The van der Waals surface area contributed by atoms with E-state index < -0.39 is 97.5 Å². The Balaban J connectivity index is 5.21. The molecule has 6 atom stereocenters. The molecule has 0 spiro atoms. The Bertz CT molecular complexity index is 1740. The maximum atomic E-state index is 13.0. The fourth-order valence-electron chi connectivity index (χ4n) is 10.6. The third kappa shape index (κ3) is 63.2. The van der Waals surface area contributed by atoms with Crippen molar-refractivity contribution in [1.29, 1.82) is 0 Å². The average molecular weight is 1310 g/mol. The molecule has 0 radical (unpaired) electrons. The van der Waals surface area contributed by atoms with Gasteiger partial charge in [0.15, 0.2) is 12.2 Å². The van der Waals surface area contributed by atoms with E-state index in [1.54, 1.807) is 0 Å². The number of phosphoric ester groups is 2. The van der Waals surface area contributed by atoms with Crippen LogP contribution in [-0.4, -0.2) is 96.7 Å². The van der Waals surface area contributed by atoms with E-state index in [0.717, 1.165) is 102 Å². The van der Waals surface area contributed by atoms with Gasteiger partial charge in [0.05, 0.1) is 26.4 Å². The number of esters is 4. The van der Waals surface area contributed by atoms with Crippen LogP contribution in [0.5, 0.6) is 0 Å². The van der Waals surface area contributed by atoms with Gasteiger partial charge in [-0.2, -0.15) is 0 Å². The molecule has 19 heteroatoms. The van der Waals surface area contributed by atoms with E-state index in [1.165, 1.54) is 173 Å². The summed E-state index contributed by atoms with van der Waals surface area (Å²) >= 11 is 0. The topological polar surface area (TPSA) is 237 Å². The number of ether oxygens (including phenoxy) is 4. The first-order valence-electron chi connectivity index (χ1n) is 36.5. The van der Waals surface area contributed by atoms with Crippen LogP contribution >= 0.6 is 15.6 Å². The number of rotatable bonds is 69. The molecule has 0 heterocycles. The van der Waals surface area contributed by atoms with E-state index in [9.17, 15) is 43.2 Å². The van der Waals surface area contributed by atoms with Crippen molar-refractivity contribution in [1.82, 2.24) is 0 Å². The normalized spacial score (nSPS) is 14.4. The van der Waals surface area contributed by atoms with Crippen LogP contribution < -0.4 is 0 Å². The molecule has 0 bridgehead atoms. The summed E-state index contributed by atoms with van der Waals surface area (Å²) in [6, 6.07) is 0. The maximum absolute atomic E-state index is 13.0. The minimum atomic E-state index is -4.95. The zero-order valence-electron chi connectivity index (χ0n) is 57.7. The minimum Gasteiger partial charge on any atom is -0.462 e. The van der Waals surface area contributed by atoms with Gasteiger partial charge in [0.2, 0.25) is 0 Å². The number of aliphatic hydroxyl groups is 1. The van der Waals surface area contributed by atoms with Gasteiger partial charge in [-0.3, -0.25) is 37.3 Å². The van der Waals surface area contributed by atoms with Gasteiger partial charge in [-0.15, -0.1) is 0 Å². The van der Waals surface area contributed by atoms with Gasteiger partial charge >= 0.3 is 39.5 Å². The van der Waals surface area contributed by atoms with Gasteiger partial charge < -0.3 is 33.8 Å². The van der Waals surface area contributed by atoms with E-state index >= 15 is 0 Å². The molecule has 0 saturated heterocycles. The lowest BCUT2D eigenvalue weighted by Crippen LogP contribution is -2.30. The Hall–Kier alpha value is -1.94. The monoisotopic (exact) mass is 1310 g/mol. The predicted molar refractivity (Wildman–Crippen MR) is 358 cm³/mol. The molecular weight excluding hydrogens is 1170 g/mol. The van der Waals surface area contributed by atoms with E-state index in [2.05, 4.69) is 41.5 Å². The number of hydrogen-bond donors (Lipinski definition) is 3. The summed E-state index contributed by atoms with van der Waals surface area (Å²) in [5.74, 6) is -0.536. The molecule has 0 aliphatic rings. The fraction of sp³-hybridized carbons (Fsp3) is 0.943. The van der Waals surface area contributed by atoms with Crippen molar-refractivity contribution in [2.45, 2.75) is 374 Å². The number of carbonyl (C=O) groups excluding carboxylic acids is 4. The van der Waals surface area contributed by atoms with Crippen LogP contribution in [0, 0.1) is 11.8 Å². The molecule has 0 aromatic carbocycles. The molecule has 0 aliphatic heterocycles. The molecule has 3 unspecified atom stereocenters. The molecule has 0 saturated carbocycles. The lowest BCUT2D eigenvalue weighted by molar-refractivity contribution is -0.161. The standard InChI is InChI=1S/C70H136O17P2/c1-7-10-12-14-16-18-29-36-42-48-54-69(74)86-65(58-80-67(72)52-46-40-34-26-17-15-13-11-8-2)60-84-88(76,77)82-56-64(71)57-83-89(78,79)85-61-66(59-81-68(73)53-47-41-35-31-25-27-32-38-44-50-62(4)5)87-70(75)55-49-43-37-30-24-22-20-19-21-23-28-33-39-45-51-63(6)9-3/h62-66,71H,7-61H2,1-6H3,(H,76,77)(H,78,79)/t63?,64-,65+,66+/m0/s1. The van der Waals surface area contributed by atoms with E-state index in [0.29, 0.717) is 25.7 Å². The maximum Gasteiger partial charge on any atom is 0.472 e. The summed E-state index contributed by atoms with van der Waals surface area (Å²) in [6.45, 7) is 9.56. The van der Waals surface area contributed by atoms with Crippen molar-refractivity contribution in [3.8, 4) is 0 Å². The fourth-order valence-corrected chi connectivity index (χ4v) is 12.1. The van der Waals surface area contributed by atoms with Gasteiger partial charge in [0.1, 0.15) is 19.3 Å². The van der Waals surface area contributed by atoms with Gasteiger partial charge in [-0.1, -0.05) is 305 Å². The van der Waals surface area contributed by atoms with Crippen molar-refractivity contribution in [2.75, 3.05) is 39.6 Å². The zero-order valence-corrected chi connectivity index (χ0v) is 59.5. The number of hydrogen-bond acceptors (Lipinski definition) is 15. The Morgan fingerprint density at radius 2 is 0.573 bits per heavy atom. The second-order valence-corrected chi connectivity index (χ2v) is 28.9. The second kappa shape index (κ2) is 62.2. The summed E-state index contributed by atoms with van der Waals surface area (Å²) in [6.07, 6.45) is 47.1. The summed E-state index contributed by atoms with van der Waals surface area (Å²) in [5, 5.41) is 10.6. The quantitative estimate of drug-likeness (QED) is 0.0222. The van der Waals surface area contributed by atoms with E-state index in [-0.39, 0.29) is 25.7 Å². The van der Waals surface area contributed by atoms with Crippen LogP contribution in [0.4, 0.5) is 0 Å². The average Bonchev–Trinajstić information content (AvgIpc) is 3.55. The van der Waals surface area contributed by atoms with Crippen LogP contribution in [0.3, 0.4) is 0 Å². The summed E-state index contributed by atoms with van der Waals surface area (Å²) in [4.78, 5) is 72.4. The van der Waals surface area contributed by atoms with Crippen LogP contribution in [0.25, 0.3) is 0 Å². The van der Waals surface area contributed by atoms with Crippen molar-refractivity contribution in [3.05, 3.63) is 0 Å². The van der Waals surface area contributed by atoms with Gasteiger partial charge in [0.25, 0.3) is 0 Å². The first-order chi connectivity index (χ1) is 42.9. The predicted octanol–water partition coefficient (Wildman–Crippen LogP) is 20.0. The third-order valence-corrected chi connectivity index (χ3v) is 18.5. The highest BCUT2D eigenvalue weighted by Crippen LogP contribution is 2.45. The van der Waals surface area contributed by atoms with Crippen molar-refractivity contribution in [3.63, 3.8) is 0 Å². The second-order valence-electron chi connectivity index (χ2n) is 26.0.